The number of aromatic carboxylic acids is 1. The molecule has 0 spiro atoms. The molecule has 1 aliphatic rings. The van der Waals surface area contributed by atoms with E-state index in [2.05, 4.69) is 9.97 Å². The summed E-state index contributed by atoms with van der Waals surface area (Å²) < 4.78 is 0. The van der Waals surface area contributed by atoms with Crippen LogP contribution in [0.2, 0.25) is 0 Å². The van der Waals surface area contributed by atoms with Crippen LogP contribution in [0.4, 0.5) is 0 Å². The normalized spacial score (nSPS) is 17.6. The molecule has 17 heavy (non-hydrogen) atoms. The second-order valence-corrected chi connectivity index (χ2v) is 4.17. The van der Waals surface area contributed by atoms with E-state index in [0.717, 1.165) is 0 Å². The van der Waals surface area contributed by atoms with E-state index in [4.69, 9.17) is 5.11 Å². The van der Waals surface area contributed by atoms with Gasteiger partial charge in [0.05, 0.1) is 25.0 Å². The summed E-state index contributed by atoms with van der Waals surface area (Å²) >= 11 is 0. The molecule has 92 valence electrons. The number of aromatic nitrogens is 2. The van der Waals surface area contributed by atoms with Crippen LogP contribution in [0.3, 0.4) is 0 Å². The molecule has 0 radical (unpaired) electrons. The van der Waals surface area contributed by atoms with E-state index >= 15 is 0 Å². The molecule has 1 fully saturated rings. The van der Waals surface area contributed by atoms with Crippen molar-refractivity contribution in [3.63, 3.8) is 0 Å². The molecule has 7 nitrogen and oxygen atoms in total. The van der Waals surface area contributed by atoms with Crippen molar-refractivity contribution in [2.45, 2.75) is 18.9 Å². The Hall–Kier alpha value is -1.89. The number of carboxylic acid groups (broad SMARTS) is 1. The highest BCUT2D eigenvalue weighted by Gasteiger charge is 2.43. The Balaban J connectivity index is 2.12. The molecular formula is C10H13N3O4. The first kappa shape index (κ1) is 11.6. The number of amides is 1. The molecule has 0 saturated carbocycles. The van der Waals surface area contributed by atoms with Crippen molar-refractivity contribution in [2.24, 2.45) is 0 Å². The van der Waals surface area contributed by atoms with Gasteiger partial charge >= 0.3 is 5.97 Å². The van der Waals surface area contributed by atoms with Crippen molar-refractivity contribution >= 4 is 11.9 Å². The molecule has 1 aromatic heterocycles. The number of rotatable bonds is 3. The molecule has 0 aromatic carbocycles. The predicted octanol–water partition coefficient (Wildman–Crippen LogP) is -0.295. The number of carbonyl (C=O) groups is 2. The first-order valence-electron chi connectivity index (χ1n) is 5.25. The summed E-state index contributed by atoms with van der Waals surface area (Å²) in [7, 11) is 0. The Bertz CT molecular complexity index is 462. The smallest absolute Gasteiger partial charge is 0.354 e. The molecule has 0 bridgehead atoms. The van der Waals surface area contributed by atoms with Crippen molar-refractivity contribution in [3.05, 3.63) is 17.7 Å². The monoisotopic (exact) mass is 239 g/mol. The van der Waals surface area contributed by atoms with E-state index in [-0.39, 0.29) is 24.5 Å². The van der Waals surface area contributed by atoms with E-state index in [1.807, 2.05) is 6.92 Å². The van der Waals surface area contributed by atoms with Crippen LogP contribution in [0.5, 0.6) is 0 Å². The van der Waals surface area contributed by atoms with Gasteiger partial charge < -0.3 is 20.1 Å². The lowest BCUT2D eigenvalue weighted by molar-refractivity contribution is -0.0828. The van der Waals surface area contributed by atoms with Gasteiger partial charge in [-0.3, -0.25) is 4.79 Å². The Morgan fingerprint density at radius 3 is 2.76 bits per heavy atom. The molecule has 2 rings (SSSR count). The average molecular weight is 239 g/mol. The number of nitrogens with one attached hydrogen (secondary N) is 1. The van der Waals surface area contributed by atoms with Crippen LogP contribution in [0.15, 0.2) is 6.33 Å². The van der Waals surface area contributed by atoms with Gasteiger partial charge in [0, 0.05) is 0 Å². The number of imidazole rings is 1. The SMILES string of the molecule is CCC1(O)CN(C(=O)c2nc[nH]c2C(=O)O)C1. The molecule has 0 unspecified atom stereocenters. The molecule has 1 aromatic rings. The number of β-amino-alcohol motifs (C(OH)–C–C–N with tert-alkyl or cyclic N) is 1. The van der Waals surface area contributed by atoms with Crippen molar-refractivity contribution in [1.29, 1.82) is 0 Å². The fourth-order valence-corrected chi connectivity index (χ4v) is 1.80. The fourth-order valence-electron chi connectivity index (χ4n) is 1.80. The summed E-state index contributed by atoms with van der Waals surface area (Å²) in [5.74, 6) is -1.70. The summed E-state index contributed by atoms with van der Waals surface area (Å²) in [6, 6.07) is 0. The lowest BCUT2D eigenvalue weighted by atomic mass is 9.91. The highest BCUT2D eigenvalue weighted by atomic mass is 16.4. The number of hydrogen-bond acceptors (Lipinski definition) is 4. The van der Waals surface area contributed by atoms with Crippen LogP contribution in [0, 0.1) is 0 Å². The van der Waals surface area contributed by atoms with Gasteiger partial charge in [0.25, 0.3) is 5.91 Å². The second-order valence-electron chi connectivity index (χ2n) is 4.17. The number of carbonyl (C=O) groups excluding carboxylic acids is 1. The van der Waals surface area contributed by atoms with Gasteiger partial charge in [0.2, 0.25) is 0 Å². The van der Waals surface area contributed by atoms with Crippen LogP contribution in [0.25, 0.3) is 0 Å². The van der Waals surface area contributed by atoms with Gasteiger partial charge in [0.1, 0.15) is 0 Å². The maximum atomic E-state index is 11.9. The topological polar surface area (TPSA) is 107 Å². The maximum Gasteiger partial charge on any atom is 0.354 e. The number of aliphatic hydroxyl groups is 1. The van der Waals surface area contributed by atoms with Crippen molar-refractivity contribution < 1.29 is 19.8 Å². The molecule has 0 aliphatic carbocycles. The first-order chi connectivity index (χ1) is 7.97. The summed E-state index contributed by atoms with van der Waals surface area (Å²) in [6.45, 7) is 2.27. The minimum absolute atomic E-state index is 0.115. The number of hydrogen-bond donors (Lipinski definition) is 3. The van der Waals surface area contributed by atoms with Crippen molar-refractivity contribution in [3.8, 4) is 0 Å². The van der Waals surface area contributed by atoms with Gasteiger partial charge in [0.15, 0.2) is 11.4 Å². The number of H-pyrrole nitrogens is 1. The Kier molecular flexibility index (Phi) is 2.62. The molecular weight excluding hydrogens is 226 g/mol. The van der Waals surface area contributed by atoms with Crippen LogP contribution >= 0.6 is 0 Å². The Morgan fingerprint density at radius 1 is 1.59 bits per heavy atom. The van der Waals surface area contributed by atoms with Gasteiger partial charge in [-0.15, -0.1) is 0 Å². The van der Waals surface area contributed by atoms with E-state index in [1.54, 1.807) is 0 Å². The second kappa shape index (κ2) is 3.85. The number of likely N-dealkylation sites (tertiary alicyclic amines) is 1. The van der Waals surface area contributed by atoms with Crippen molar-refractivity contribution in [2.75, 3.05) is 13.1 Å². The third-order valence-electron chi connectivity index (χ3n) is 2.97. The summed E-state index contributed by atoms with van der Waals surface area (Å²) in [5.41, 5.74) is -1.17. The van der Waals surface area contributed by atoms with Gasteiger partial charge in [-0.25, -0.2) is 9.78 Å². The van der Waals surface area contributed by atoms with E-state index in [9.17, 15) is 14.7 Å². The zero-order valence-electron chi connectivity index (χ0n) is 9.30. The Morgan fingerprint density at radius 2 is 2.24 bits per heavy atom. The maximum absolute atomic E-state index is 11.9. The van der Waals surface area contributed by atoms with Crippen LogP contribution in [0.1, 0.15) is 34.3 Å². The van der Waals surface area contributed by atoms with Crippen LogP contribution in [-0.4, -0.2) is 55.6 Å². The van der Waals surface area contributed by atoms with E-state index in [1.165, 1.54) is 11.2 Å². The molecule has 0 atom stereocenters. The highest BCUT2D eigenvalue weighted by Crippen LogP contribution is 2.25. The zero-order valence-corrected chi connectivity index (χ0v) is 9.30. The summed E-state index contributed by atoms with van der Waals surface area (Å²) in [5, 5.41) is 18.6. The first-order valence-corrected chi connectivity index (χ1v) is 5.25. The molecule has 2 heterocycles. The van der Waals surface area contributed by atoms with Gasteiger partial charge in [-0.05, 0) is 6.42 Å². The minimum Gasteiger partial charge on any atom is -0.477 e. The summed E-state index contributed by atoms with van der Waals surface area (Å²) in [4.78, 5) is 30.2. The standard InChI is InChI=1S/C10H13N3O4/c1-2-10(17)3-13(4-10)8(14)6-7(9(15)16)12-5-11-6/h5,17H,2-4H2,1H3,(H,11,12)(H,15,16). The van der Waals surface area contributed by atoms with Crippen molar-refractivity contribution in [1.82, 2.24) is 14.9 Å². The molecule has 1 aliphatic heterocycles. The average Bonchev–Trinajstić information content (AvgIpc) is 2.72. The molecule has 3 N–H and O–H groups in total. The molecule has 1 amide bonds. The van der Waals surface area contributed by atoms with E-state index < -0.39 is 17.5 Å². The number of aromatic amines is 1. The zero-order chi connectivity index (χ0) is 12.6. The van der Waals surface area contributed by atoms with Gasteiger partial charge in [-0.2, -0.15) is 0 Å². The summed E-state index contributed by atoms with van der Waals surface area (Å²) in [6.07, 6.45) is 1.73. The predicted molar refractivity (Wildman–Crippen MR) is 56.7 cm³/mol. The largest absolute Gasteiger partial charge is 0.477 e. The van der Waals surface area contributed by atoms with Gasteiger partial charge in [-0.1, -0.05) is 6.92 Å². The lowest BCUT2D eigenvalue weighted by Crippen LogP contribution is -2.63. The lowest BCUT2D eigenvalue weighted by Gasteiger charge is -2.45. The number of nitrogens with zero attached hydrogens (tertiary/aromatic N) is 2. The fraction of sp³-hybridized carbons (Fsp3) is 0.500. The molecule has 1 saturated heterocycles. The minimum atomic E-state index is -1.22. The van der Waals surface area contributed by atoms with Crippen LogP contribution in [-0.2, 0) is 0 Å². The third kappa shape index (κ3) is 1.89. The quantitative estimate of drug-likeness (QED) is 0.671. The third-order valence-corrected chi connectivity index (χ3v) is 2.97. The Labute approximate surface area is 97.1 Å². The van der Waals surface area contributed by atoms with E-state index in [0.29, 0.717) is 6.42 Å². The number of carboxylic acids is 1. The van der Waals surface area contributed by atoms with Crippen LogP contribution < -0.4 is 0 Å². The highest BCUT2D eigenvalue weighted by molar-refractivity contribution is 6.02. The molecule has 7 heteroatoms.